The fourth-order valence-electron chi connectivity index (χ4n) is 3.39. The minimum atomic E-state index is -0.349. The van der Waals surface area contributed by atoms with E-state index in [1.807, 2.05) is 42.5 Å². The highest BCUT2D eigenvalue weighted by molar-refractivity contribution is 5.92. The summed E-state index contributed by atoms with van der Waals surface area (Å²) in [5.41, 5.74) is 7.82. The summed E-state index contributed by atoms with van der Waals surface area (Å²) in [5, 5.41) is 8.19. The number of nitrogens with two attached hydrogens (primary N) is 1. The van der Waals surface area contributed by atoms with Crippen molar-refractivity contribution in [1.29, 1.82) is 0 Å². The molecule has 1 saturated heterocycles. The van der Waals surface area contributed by atoms with Crippen LogP contribution >= 0.6 is 0 Å². The van der Waals surface area contributed by atoms with Crippen molar-refractivity contribution >= 4 is 34.9 Å². The molecule has 4 amide bonds. The number of amides is 4. The van der Waals surface area contributed by atoms with Crippen molar-refractivity contribution in [3.05, 3.63) is 54.6 Å². The molecule has 5 N–H and O–H groups in total. The van der Waals surface area contributed by atoms with Crippen LogP contribution < -0.4 is 26.6 Å². The van der Waals surface area contributed by atoms with Gasteiger partial charge in [-0.05, 0) is 49.2 Å². The zero-order valence-electron chi connectivity index (χ0n) is 16.8. The fourth-order valence-corrected chi connectivity index (χ4v) is 3.39. The molecule has 0 atom stereocenters. The van der Waals surface area contributed by atoms with Crippen molar-refractivity contribution in [2.24, 2.45) is 11.7 Å². The largest absolute Gasteiger partial charge is 0.371 e. The monoisotopic (exact) mass is 409 g/mol. The molecule has 30 heavy (non-hydrogen) atoms. The zero-order valence-corrected chi connectivity index (χ0v) is 16.8. The summed E-state index contributed by atoms with van der Waals surface area (Å²) >= 11 is 0. The van der Waals surface area contributed by atoms with Crippen LogP contribution in [0.4, 0.5) is 21.9 Å². The third-order valence-corrected chi connectivity index (χ3v) is 5.08. The normalized spacial score (nSPS) is 14.1. The van der Waals surface area contributed by atoms with Crippen LogP contribution in [0.2, 0.25) is 0 Å². The summed E-state index contributed by atoms with van der Waals surface area (Å²) in [7, 11) is 0. The van der Waals surface area contributed by atoms with E-state index in [0.717, 1.165) is 31.6 Å². The molecular formula is C22H27N5O3. The third kappa shape index (κ3) is 6.23. The number of piperidine rings is 1. The summed E-state index contributed by atoms with van der Waals surface area (Å²) in [6.07, 6.45) is 1.70. The smallest absolute Gasteiger partial charge is 0.319 e. The van der Waals surface area contributed by atoms with Crippen LogP contribution in [0.1, 0.15) is 19.3 Å². The van der Waals surface area contributed by atoms with Gasteiger partial charge in [0.1, 0.15) is 0 Å². The lowest BCUT2D eigenvalue weighted by Crippen LogP contribution is -2.38. The number of carbonyl (C=O) groups excluding carboxylic acids is 3. The first kappa shape index (κ1) is 21.2. The van der Waals surface area contributed by atoms with E-state index >= 15 is 0 Å². The molecule has 0 spiro atoms. The van der Waals surface area contributed by atoms with Crippen LogP contribution in [0.15, 0.2) is 54.6 Å². The Bertz CT molecular complexity index is 862. The first-order valence-electron chi connectivity index (χ1n) is 10.1. The lowest BCUT2D eigenvalue weighted by atomic mass is 9.96. The molecule has 1 heterocycles. The maximum Gasteiger partial charge on any atom is 0.319 e. The molecule has 1 fully saturated rings. The number of urea groups is 1. The number of benzene rings is 2. The van der Waals surface area contributed by atoms with E-state index in [0.29, 0.717) is 11.4 Å². The van der Waals surface area contributed by atoms with Crippen molar-refractivity contribution in [3.8, 4) is 0 Å². The van der Waals surface area contributed by atoms with E-state index in [-0.39, 0.29) is 36.7 Å². The highest BCUT2D eigenvalue weighted by Gasteiger charge is 2.23. The van der Waals surface area contributed by atoms with Crippen molar-refractivity contribution < 1.29 is 14.4 Å². The van der Waals surface area contributed by atoms with Crippen LogP contribution in [0.5, 0.6) is 0 Å². The van der Waals surface area contributed by atoms with Gasteiger partial charge < -0.3 is 26.6 Å². The Balaban J connectivity index is 1.38. The number of nitrogens with zero attached hydrogens (tertiary/aromatic N) is 1. The maximum absolute atomic E-state index is 12.1. The summed E-state index contributed by atoms with van der Waals surface area (Å²) < 4.78 is 0. The molecule has 0 bridgehead atoms. The molecule has 1 aliphatic rings. The predicted octanol–water partition coefficient (Wildman–Crippen LogP) is 2.54. The van der Waals surface area contributed by atoms with Crippen LogP contribution in [0.3, 0.4) is 0 Å². The average Bonchev–Trinajstić information content (AvgIpc) is 2.75. The van der Waals surface area contributed by atoms with Gasteiger partial charge in [0, 0.05) is 49.0 Å². The Morgan fingerprint density at radius 3 is 2.17 bits per heavy atom. The molecule has 158 valence electrons. The first-order valence-corrected chi connectivity index (χ1v) is 10.1. The zero-order chi connectivity index (χ0) is 21.3. The SMILES string of the molecule is NC(=O)C1CCN(c2ccc(NC(=O)CCNC(=O)Nc3ccccc3)cc2)CC1. The van der Waals surface area contributed by atoms with Gasteiger partial charge in [-0.15, -0.1) is 0 Å². The fraction of sp³-hybridized carbons (Fsp3) is 0.318. The number of anilines is 3. The Kier molecular flexibility index (Phi) is 7.26. The van der Waals surface area contributed by atoms with Crippen LogP contribution in [-0.4, -0.2) is 37.5 Å². The van der Waals surface area contributed by atoms with Gasteiger partial charge in [0.05, 0.1) is 0 Å². The van der Waals surface area contributed by atoms with E-state index in [9.17, 15) is 14.4 Å². The van der Waals surface area contributed by atoms with Crippen LogP contribution in [-0.2, 0) is 9.59 Å². The van der Waals surface area contributed by atoms with E-state index in [2.05, 4.69) is 20.9 Å². The molecular weight excluding hydrogens is 382 g/mol. The van der Waals surface area contributed by atoms with Gasteiger partial charge in [0.15, 0.2) is 0 Å². The third-order valence-electron chi connectivity index (χ3n) is 5.08. The molecule has 0 unspecified atom stereocenters. The molecule has 2 aromatic rings. The molecule has 0 aliphatic carbocycles. The number of para-hydroxylation sites is 1. The van der Waals surface area contributed by atoms with Crippen molar-refractivity contribution in [3.63, 3.8) is 0 Å². The summed E-state index contributed by atoms with van der Waals surface area (Å²) in [5.74, 6) is -0.437. The number of primary amides is 1. The molecule has 0 radical (unpaired) electrons. The number of carbonyl (C=O) groups is 3. The van der Waals surface area contributed by atoms with Gasteiger partial charge >= 0.3 is 6.03 Å². The van der Waals surface area contributed by atoms with Gasteiger partial charge in [-0.3, -0.25) is 9.59 Å². The maximum atomic E-state index is 12.1. The van der Waals surface area contributed by atoms with Crippen molar-refractivity contribution in [2.45, 2.75) is 19.3 Å². The second-order valence-corrected chi connectivity index (χ2v) is 7.26. The second kappa shape index (κ2) is 10.3. The lowest BCUT2D eigenvalue weighted by molar-refractivity contribution is -0.122. The van der Waals surface area contributed by atoms with Gasteiger partial charge in [0.2, 0.25) is 11.8 Å². The van der Waals surface area contributed by atoms with E-state index in [4.69, 9.17) is 5.73 Å². The molecule has 1 aliphatic heterocycles. The summed E-state index contributed by atoms with van der Waals surface area (Å²) in [6, 6.07) is 16.4. The Labute approximate surface area is 175 Å². The van der Waals surface area contributed by atoms with Crippen LogP contribution in [0, 0.1) is 5.92 Å². The molecule has 8 heteroatoms. The van der Waals surface area contributed by atoms with E-state index in [1.54, 1.807) is 12.1 Å². The second-order valence-electron chi connectivity index (χ2n) is 7.26. The Morgan fingerprint density at radius 2 is 1.53 bits per heavy atom. The molecule has 0 aromatic heterocycles. The predicted molar refractivity (Wildman–Crippen MR) is 117 cm³/mol. The van der Waals surface area contributed by atoms with Gasteiger partial charge in [-0.25, -0.2) is 4.79 Å². The highest BCUT2D eigenvalue weighted by atomic mass is 16.2. The van der Waals surface area contributed by atoms with Gasteiger partial charge in [-0.1, -0.05) is 18.2 Å². The number of hydrogen-bond acceptors (Lipinski definition) is 4. The average molecular weight is 409 g/mol. The summed E-state index contributed by atoms with van der Waals surface area (Å²) in [6.45, 7) is 1.81. The first-order chi connectivity index (χ1) is 14.5. The standard InChI is InChI=1S/C22H27N5O3/c23-21(29)16-11-14-27(15-12-16)19-8-6-18(7-9-19)25-20(28)10-13-24-22(30)26-17-4-2-1-3-5-17/h1-9,16H,10-15H2,(H2,23,29)(H,25,28)(H2,24,26,30). The molecule has 3 rings (SSSR count). The minimum Gasteiger partial charge on any atom is -0.371 e. The van der Waals surface area contributed by atoms with Crippen molar-refractivity contribution in [2.75, 3.05) is 35.2 Å². The van der Waals surface area contributed by atoms with E-state index < -0.39 is 0 Å². The number of nitrogens with one attached hydrogen (secondary N) is 3. The van der Waals surface area contributed by atoms with Gasteiger partial charge in [0.25, 0.3) is 0 Å². The van der Waals surface area contributed by atoms with E-state index in [1.165, 1.54) is 0 Å². The Morgan fingerprint density at radius 1 is 0.900 bits per heavy atom. The topological polar surface area (TPSA) is 117 Å². The minimum absolute atomic E-state index is 0.0387. The highest BCUT2D eigenvalue weighted by Crippen LogP contribution is 2.24. The van der Waals surface area contributed by atoms with Gasteiger partial charge in [-0.2, -0.15) is 0 Å². The number of rotatable bonds is 7. The quantitative estimate of drug-likeness (QED) is 0.562. The molecule has 8 nitrogen and oxygen atoms in total. The summed E-state index contributed by atoms with van der Waals surface area (Å²) in [4.78, 5) is 37.4. The van der Waals surface area contributed by atoms with Crippen molar-refractivity contribution in [1.82, 2.24) is 5.32 Å². The molecule has 0 saturated carbocycles. The van der Waals surface area contributed by atoms with Crippen LogP contribution in [0.25, 0.3) is 0 Å². The molecule has 2 aromatic carbocycles. The Hall–Kier alpha value is -3.55. The number of hydrogen-bond donors (Lipinski definition) is 4. The lowest BCUT2D eigenvalue weighted by Gasteiger charge is -2.32.